The first-order valence-electron chi connectivity index (χ1n) is 7.76. The number of benzene rings is 2. The van der Waals surface area contributed by atoms with Crippen LogP contribution in [0, 0.1) is 11.6 Å². The Kier molecular flexibility index (Phi) is 4.94. The molecule has 0 spiro atoms. The average Bonchev–Trinajstić information content (AvgIpc) is 2.54. The van der Waals surface area contributed by atoms with Crippen LogP contribution in [0.15, 0.2) is 52.4 Å². The Morgan fingerprint density at radius 3 is 2.69 bits per heavy atom. The van der Waals surface area contributed by atoms with Gasteiger partial charge in [0.1, 0.15) is 16.5 Å². The highest BCUT2D eigenvalue weighted by Crippen LogP contribution is 2.36. The average molecular weight is 397 g/mol. The van der Waals surface area contributed by atoms with E-state index < -0.39 is 32.1 Å². The number of anilines is 1. The molecule has 0 aliphatic carbocycles. The van der Waals surface area contributed by atoms with E-state index in [9.17, 15) is 17.2 Å². The van der Waals surface area contributed by atoms with Crippen molar-refractivity contribution in [2.45, 2.75) is 23.8 Å². The molecule has 0 fully saturated rings. The van der Waals surface area contributed by atoms with E-state index in [2.05, 4.69) is 9.71 Å². The van der Waals surface area contributed by atoms with Crippen molar-refractivity contribution in [2.75, 3.05) is 10.5 Å². The molecule has 0 saturated heterocycles. The molecule has 138 valence electrons. The van der Waals surface area contributed by atoms with Crippen LogP contribution < -0.4 is 10.5 Å². The molecule has 0 saturated carbocycles. The first kappa shape index (κ1) is 18.7. The van der Waals surface area contributed by atoms with Gasteiger partial charge in [-0.25, -0.2) is 17.2 Å². The Morgan fingerprint density at radius 2 is 2.00 bits per heavy atom. The van der Waals surface area contributed by atoms with E-state index >= 15 is 0 Å². The number of nitrogens with one attached hydrogen (secondary N) is 1. The van der Waals surface area contributed by atoms with Gasteiger partial charge in [0.25, 0.3) is 10.0 Å². The summed E-state index contributed by atoms with van der Waals surface area (Å²) in [5, 5.41) is 0.484. The highest BCUT2D eigenvalue weighted by Gasteiger charge is 2.30. The van der Waals surface area contributed by atoms with E-state index in [4.69, 9.17) is 5.73 Å². The number of hydrogen-bond acceptors (Lipinski definition) is 5. The molecule has 1 heterocycles. The van der Waals surface area contributed by atoms with Gasteiger partial charge in [-0.2, -0.15) is 0 Å². The van der Waals surface area contributed by atoms with Gasteiger partial charge in [-0.3, -0.25) is 9.71 Å². The lowest BCUT2D eigenvalue weighted by Crippen LogP contribution is -2.28. The van der Waals surface area contributed by atoms with E-state index in [-0.39, 0.29) is 5.69 Å². The standard InChI is InChI=1S/C17H17F2N3O2S2/c1-17(7-8-25-16(20)21-17)11-3-2-4-13(9-11)22-26(23,24)15-6-5-12(18)10-14(15)19/h2-6,9-10,22H,7-8H2,1H3,(H2,20,21). The van der Waals surface area contributed by atoms with Crippen molar-refractivity contribution in [1.82, 2.24) is 0 Å². The summed E-state index contributed by atoms with van der Waals surface area (Å²) >= 11 is 1.47. The van der Waals surface area contributed by atoms with Gasteiger partial charge >= 0.3 is 0 Å². The summed E-state index contributed by atoms with van der Waals surface area (Å²) in [6, 6.07) is 9.04. The van der Waals surface area contributed by atoms with Crippen molar-refractivity contribution in [2.24, 2.45) is 10.7 Å². The smallest absolute Gasteiger partial charge is 0.264 e. The molecule has 0 aromatic heterocycles. The van der Waals surface area contributed by atoms with E-state index in [0.717, 1.165) is 29.9 Å². The van der Waals surface area contributed by atoms with Gasteiger partial charge < -0.3 is 5.73 Å². The molecule has 3 N–H and O–H groups in total. The normalized spacial score (nSPS) is 20.5. The van der Waals surface area contributed by atoms with Crippen molar-refractivity contribution < 1.29 is 17.2 Å². The lowest BCUT2D eigenvalue weighted by atomic mass is 9.89. The van der Waals surface area contributed by atoms with Gasteiger partial charge in [0.05, 0.1) is 5.54 Å². The number of hydrogen-bond donors (Lipinski definition) is 2. The quantitative estimate of drug-likeness (QED) is 0.828. The molecule has 1 unspecified atom stereocenters. The van der Waals surface area contributed by atoms with Gasteiger partial charge in [-0.05, 0) is 43.2 Å². The summed E-state index contributed by atoms with van der Waals surface area (Å²) in [7, 11) is -4.20. The van der Waals surface area contributed by atoms with Crippen LogP contribution in [0.3, 0.4) is 0 Å². The second-order valence-corrected chi connectivity index (χ2v) is 8.85. The number of amidine groups is 1. The van der Waals surface area contributed by atoms with E-state index in [0.29, 0.717) is 11.2 Å². The maximum Gasteiger partial charge on any atom is 0.264 e. The third-order valence-electron chi connectivity index (χ3n) is 4.12. The summed E-state index contributed by atoms with van der Waals surface area (Å²) < 4.78 is 54.0. The van der Waals surface area contributed by atoms with Crippen LogP contribution in [0.25, 0.3) is 0 Å². The molecule has 1 atom stereocenters. The van der Waals surface area contributed by atoms with Gasteiger partial charge in [-0.1, -0.05) is 23.9 Å². The lowest BCUT2D eigenvalue weighted by molar-refractivity contribution is 0.482. The molecule has 5 nitrogen and oxygen atoms in total. The van der Waals surface area contributed by atoms with Crippen LogP contribution >= 0.6 is 11.8 Å². The second kappa shape index (κ2) is 6.88. The number of sulfonamides is 1. The van der Waals surface area contributed by atoms with Crippen LogP contribution in [0.5, 0.6) is 0 Å². The van der Waals surface area contributed by atoms with Crippen LogP contribution in [0.4, 0.5) is 14.5 Å². The summed E-state index contributed by atoms with van der Waals surface area (Å²) in [5.41, 5.74) is 6.32. The molecule has 9 heteroatoms. The van der Waals surface area contributed by atoms with Gasteiger partial charge in [0.15, 0.2) is 5.17 Å². The first-order valence-corrected chi connectivity index (χ1v) is 10.2. The number of nitrogens with two attached hydrogens (primary N) is 1. The molecular weight excluding hydrogens is 380 g/mol. The monoisotopic (exact) mass is 397 g/mol. The van der Waals surface area contributed by atoms with Gasteiger partial charge in [0.2, 0.25) is 0 Å². The van der Waals surface area contributed by atoms with Gasteiger partial charge in [0, 0.05) is 17.5 Å². The molecule has 0 radical (unpaired) electrons. The Balaban J connectivity index is 1.93. The molecule has 1 aliphatic rings. The Labute approximate surface area is 154 Å². The zero-order valence-corrected chi connectivity index (χ0v) is 15.5. The highest BCUT2D eigenvalue weighted by molar-refractivity contribution is 8.13. The number of aliphatic imine (C=N–C) groups is 1. The maximum atomic E-state index is 13.8. The number of halogens is 2. The summed E-state index contributed by atoms with van der Waals surface area (Å²) in [4.78, 5) is 3.86. The van der Waals surface area contributed by atoms with E-state index in [1.807, 2.05) is 13.0 Å². The van der Waals surface area contributed by atoms with E-state index in [1.54, 1.807) is 18.2 Å². The SMILES string of the molecule is CC1(c2cccc(NS(=O)(=O)c3ccc(F)cc3F)c2)CCSC(N)=N1. The zero-order chi connectivity index (χ0) is 18.9. The minimum Gasteiger partial charge on any atom is -0.379 e. The number of thioether (sulfide) groups is 1. The van der Waals surface area contributed by atoms with Crippen molar-refractivity contribution in [3.8, 4) is 0 Å². The highest BCUT2D eigenvalue weighted by atomic mass is 32.2. The molecule has 0 amide bonds. The summed E-state index contributed by atoms with van der Waals surface area (Å²) in [6.07, 6.45) is 0.751. The van der Waals surface area contributed by atoms with Crippen LogP contribution in [0.2, 0.25) is 0 Å². The first-order chi connectivity index (χ1) is 12.2. The Morgan fingerprint density at radius 1 is 1.23 bits per heavy atom. The van der Waals surface area contributed by atoms with Crippen LogP contribution in [0.1, 0.15) is 18.9 Å². The Hall–Kier alpha value is -2.13. The minimum atomic E-state index is -4.20. The number of rotatable bonds is 4. The molecule has 0 bridgehead atoms. The van der Waals surface area contributed by atoms with Crippen molar-refractivity contribution in [1.29, 1.82) is 0 Å². The zero-order valence-electron chi connectivity index (χ0n) is 13.9. The fourth-order valence-electron chi connectivity index (χ4n) is 2.72. The maximum absolute atomic E-state index is 13.8. The minimum absolute atomic E-state index is 0.263. The topological polar surface area (TPSA) is 84.5 Å². The lowest BCUT2D eigenvalue weighted by Gasteiger charge is -2.30. The van der Waals surface area contributed by atoms with Crippen molar-refractivity contribution >= 4 is 32.6 Å². The van der Waals surface area contributed by atoms with Crippen molar-refractivity contribution in [3.05, 3.63) is 59.7 Å². The molecular formula is C17H17F2N3O2S2. The fraction of sp³-hybridized carbons (Fsp3) is 0.235. The number of nitrogens with zero attached hydrogens (tertiary/aromatic N) is 1. The Bertz CT molecular complexity index is 980. The van der Waals surface area contributed by atoms with Crippen molar-refractivity contribution in [3.63, 3.8) is 0 Å². The third kappa shape index (κ3) is 3.83. The summed E-state index contributed by atoms with van der Waals surface area (Å²) in [6.45, 7) is 1.92. The molecule has 2 aromatic rings. The molecule has 26 heavy (non-hydrogen) atoms. The van der Waals surface area contributed by atoms with Crippen LogP contribution in [-0.4, -0.2) is 19.3 Å². The fourth-order valence-corrected chi connectivity index (χ4v) is 4.80. The van der Waals surface area contributed by atoms with E-state index in [1.165, 1.54) is 11.8 Å². The molecule has 2 aromatic carbocycles. The predicted molar refractivity (Wildman–Crippen MR) is 99.7 cm³/mol. The van der Waals surface area contributed by atoms with Crippen LogP contribution in [-0.2, 0) is 15.6 Å². The second-order valence-electron chi connectivity index (χ2n) is 6.08. The molecule has 1 aliphatic heterocycles. The predicted octanol–water partition coefficient (Wildman–Crippen LogP) is 3.43. The molecule has 3 rings (SSSR count). The third-order valence-corrected chi connectivity index (χ3v) is 6.33. The summed E-state index contributed by atoms with van der Waals surface area (Å²) in [5.74, 6) is -1.19. The largest absolute Gasteiger partial charge is 0.379 e. The van der Waals surface area contributed by atoms with Gasteiger partial charge in [-0.15, -0.1) is 0 Å².